The Morgan fingerprint density at radius 1 is 1.25 bits per heavy atom. The van der Waals surface area contributed by atoms with Crippen LogP contribution in [0, 0.1) is 6.92 Å². The van der Waals surface area contributed by atoms with E-state index in [0.29, 0.717) is 6.79 Å². The van der Waals surface area contributed by atoms with E-state index in [0.717, 1.165) is 22.8 Å². The lowest BCUT2D eigenvalue weighted by Gasteiger charge is -2.04. The predicted molar refractivity (Wildman–Crippen MR) is 43.9 cm³/mol. The van der Waals surface area contributed by atoms with Crippen molar-refractivity contribution in [3.63, 3.8) is 0 Å². The molecule has 2 rings (SSSR count). The molecule has 0 aromatic heterocycles. The summed E-state index contributed by atoms with van der Waals surface area (Å²) in [6, 6.07) is 3.76. The fourth-order valence-electron chi connectivity index (χ4n) is 1.24. The fourth-order valence-corrected chi connectivity index (χ4v) is 1.24. The Bertz CT molecular complexity index is 306. The highest BCUT2D eigenvalue weighted by molar-refractivity contribution is 5.51. The molecule has 0 atom stereocenters. The first kappa shape index (κ1) is 7.28. The highest BCUT2D eigenvalue weighted by Gasteiger charge is 2.15. The maximum Gasteiger partial charge on any atom is 0.231 e. The number of aryl methyl sites for hydroxylation is 1. The molecular formula is C9H10O3. The van der Waals surface area contributed by atoms with Crippen LogP contribution >= 0.6 is 0 Å². The van der Waals surface area contributed by atoms with Crippen LogP contribution in [0.2, 0.25) is 0 Å². The normalized spacial score (nSPS) is 13.2. The van der Waals surface area contributed by atoms with E-state index in [1.807, 2.05) is 19.1 Å². The van der Waals surface area contributed by atoms with Gasteiger partial charge in [0.25, 0.3) is 0 Å². The quantitative estimate of drug-likeness (QED) is 0.635. The molecule has 0 fully saturated rings. The third-order valence-corrected chi connectivity index (χ3v) is 1.89. The minimum atomic E-state index is 0.307. The number of fused-ring (bicyclic) bond motifs is 1. The molecule has 64 valence electrons. The second-order valence-electron chi connectivity index (χ2n) is 2.68. The lowest BCUT2D eigenvalue weighted by atomic mass is 10.2. The number of ether oxygens (including phenoxy) is 3. The summed E-state index contributed by atoms with van der Waals surface area (Å²) in [5.74, 6) is 2.39. The zero-order valence-corrected chi connectivity index (χ0v) is 7.09. The predicted octanol–water partition coefficient (Wildman–Crippen LogP) is 1.73. The molecular weight excluding hydrogens is 156 g/mol. The summed E-state index contributed by atoms with van der Waals surface area (Å²) < 4.78 is 15.5. The molecule has 0 unspecified atom stereocenters. The van der Waals surface area contributed by atoms with Gasteiger partial charge in [-0.15, -0.1) is 0 Å². The molecule has 1 aliphatic rings. The lowest BCUT2D eigenvalue weighted by molar-refractivity contribution is 0.174. The summed E-state index contributed by atoms with van der Waals surface area (Å²) in [4.78, 5) is 0. The molecule has 3 nitrogen and oxygen atoms in total. The number of benzene rings is 1. The Kier molecular flexibility index (Phi) is 1.57. The van der Waals surface area contributed by atoms with Crippen LogP contribution in [0.15, 0.2) is 12.1 Å². The van der Waals surface area contributed by atoms with Crippen molar-refractivity contribution < 1.29 is 14.2 Å². The van der Waals surface area contributed by atoms with Gasteiger partial charge in [0.2, 0.25) is 6.79 Å². The molecule has 0 aliphatic carbocycles. The fraction of sp³-hybridized carbons (Fsp3) is 0.333. The van der Waals surface area contributed by atoms with E-state index in [-0.39, 0.29) is 0 Å². The van der Waals surface area contributed by atoms with Crippen LogP contribution in [0.4, 0.5) is 0 Å². The molecule has 3 heteroatoms. The summed E-state index contributed by atoms with van der Waals surface area (Å²) in [7, 11) is 1.64. The van der Waals surface area contributed by atoms with E-state index in [1.165, 1.54) is 0 Å². The van der Waals surface area contributed by atoms with Gasteiger partial charge in [-0.25, -0.2) is 0 Å². The van der Waals surface area contributed by atoms with Crippen LogP contribution in [0.25, 0.3) is 0 Å². The minimum Gasteiger partial charge on any atom is -0.496 e. The molecule has 0 saturated heterocycles. The third kappa shape index (κ3) is 0.978. The zero-order chi connectivity index (χ0) is 8.55. The SMILES string of the molecule is COc1cc2c(cc1C)OCO2. The Morgan fingerprint density at radius 2 is 1.92 bits per heavy atom. The second kappa shape index (κ2) is 2.59. The molecule has 0 spiro atoms. The maximum absolute atomic E-state index is 5.20. The Morgan fingerprint density at radius 3 is 2.58 bits per heavy atom. The molecule has 12 heavy (non-hydrogen) atoms. The number of methoxy groups -OCH3 is 1. The van der Waals surface area contributed by atoms with Crippen LogP contribution in [0.3, 0.4) is 0 Å². The Balaban J connectivity index is 2.49. The molecule has 1 aliphatic heterocycles. The van der Waals surface area contributed by atoms with Gasteiger partial charge in [0, 0.05) is 6.07 Å². The molecule has 1 aromatic carbocycles. The summed E-state index contributed by atoms with van der Waals surface area (Å²) in [5, 5.41) is 0. The number of hydrogen-bond donors (Lipinski definition) is 0. The summed E-state index contributed by atoms with van der Waals surface area (Å²) in [6.45, 7) is 2.28. The van der Waals surface area contributed by atoms with Gasteiger partial charge >= 0.3 is 0 Å². The second-order valence-corrected chi connectivity index (χ2v) is 2.68. The summed E-state index contributed by atoms with van der Waals surface area (Å²) in [5.41, 5.74) is 1.06. The van der Waals surface area contributed by atoms with E-state index in [4.69, 9.17) is 14.2 Å². The van der Waals surface area contributed by atoms with Crippen molar-refractivity contribution >= 4 is 0 Å². The van der Waals surface area contributed by atoms with Gasteiger partial charge in [0.1, 0.15) is 5.75 Å². The van der Waals surface area contributed by atoms with Crippen LogP contribution in [-0.2, 0) is 0 Å². The van der Waals surface area contributed by atoms with Crippen molar-refractivity contribution in [1.29, 1.82) is 0 Å². The number of hydrogen-bond acceptors (Lipinski definition) is 3. The molecule has 0 N–H and O–H groups in total. The van der Waals surface area contributed by atoms with Crippen molar-refractivity contribution in [2.24, 2.45) is 0 Å². The van der Waals surface area contributed by atoms with E-state index in [2.05, 4.69) is 0 Å². The first-order chi connectivity index (χ1) is 5.81. The van der Waals surface area contributed by atoms with Crippen molar-refractivity contribution in [2.75, 3.05) is 13.9 Å². The molecule has 0 saturated carbocycles. The van der Waals surface area contributed by atoms with Crippen LogP contribution < -0.4 is 14.2 Å². The van der Waals surface area contributed by atoms with Crippen molar-refractivity contribution in [3.05, 3.63) is 17.7 Å². The molecule has 1 aromatic rings. The third-order valence-electron chi connectivity index (χ3n) is 1.89. The topological polar surface area (TPSA) is 27.7 Å². The van der Waals surface area contributed by atoms with Gasteiger partial charge in [-0.05, 0) is 18.6 Å². The van der Waals surface area contributed by atoms with Crippen LogP contribution in [0.1, 0.15) is 5.56 Å². The van der Waals surface area contributed by atoms with Crippen LogP contribution in [0.5, 0.6) is 17.2 Å². The zero-order valence-electron chi connectivity index (χ0n) is 7.09. The van der Waals surface area contributed by atoms with Gasteiger partial charge in [-0.1, -0.05) is 0 Å². The van der Waals surface area contributed by atoms with Crippen molar-refractivity contribution in [1.82, 2.24) is 0 Å². The van der Waals surface area contributed by atoms with E-state index >= 15 is 0 Å². The lowest BCUT2D eigenvalue weighted by Crippen LogP contribution is -1.92. The van der Waals surface area contributed by atoms with Gasteiger partial charge in [0.05, 0.1) is 7.11 Å². The summed E-state index contributed by atoms with van der Waals surface area (Å²) >= 11 is 0. The molecule has 0 bridgehead atoms. The Labute approximate surface area is 70.9 Å². The molecule has 0 amide bonds. The Hall–Kier alpha value is -1.38. The smallest absolute Gasteiger partial charge is 0.231 e. The highest BCUT2D eigenvalue weighted by atomic mass is 16.7. The van der Waals surface area contributed by atoms with Gasteiger partial charge in [-0.2, -0.15) is 0 Å². The average Bonchev–Trinajstić information content (AvgIpc) is 2.49. The van der Waals surface area contributed by atoms with Crippen LogP contribution in [-0.4, -0.2) is 13.9 Å². The number of rotatable bonds is 1. The first-order valence-electron chi connectivity index (χ1n) is 3.75. The largest absolute Gasteiger partial charge is 0.496 e. The maximum atomic E-state index is 5.20. The summed E-state index contributed by atoms with van der Waals surface area (Å²) in [6.07, 6.45) is 0. The van der Waals surface area contributed by atoms with E-state index < -0.39 is 0 Å². The van der Waals surface area contributed by atoms with Gasteiger partial charge in [0.15, 0.2) is 11.5 Å². The monoisotopic (exact) mass is 166 g/mol. The first-order valence-corrected chi connectivity index (χ1v) is 3.75. The molecule has 0 radical (unpaired) electrons. The standard InChI is InChI=1S/C9H10O3/c1-6-3-8-9(12-5-11-8)4-7(6)10-2/h3-4H,5H2,1-2H3. The highest BCUT2D eigenvalue weighted by Crippen LogP contribution is 2.37. The van der Waals surface area contributed by atoms with E-state index in [1.54, 1.807) is 7.11 Å². The van der Waals surface area contributed by atoms with Crippen molar-refractivity contribution in [2.45, 2.75) is 6.92 Å². The molecule has 1 heterocycles. The minimum absolute atomic E-state index is 0.307. The van der Waals surface area contributed by atoms with E-state index in [9.17, 15) is 0 Å². The van der Waals surface area contributed by atoms with Gasteiger partial charge in [-0.3, -0.25) is 0 Å². The average molecular weight is 166 g/mol. The van der Waals surface area contributed by atoms with Gasteiger partial charge < -0.3 is 14.2 Å². The van der Waals surface area contributed by atoms with Crippen molar-refractivity contribution in [3.8, 4) is 17.2 Å².